The topological polar surface area (TPSA) is 84.8 Å². The van der Waals surface area contributed by atoms with Crippen molar-refractivity contribution in [2.24, 2.45) is 0 Å². The van der Waals surface area contributed by atoms with Crippen LogP contribution in [0.3, 0.4) is 0 Å². The molecule has 0 atom stereocenters. The monoisotopic (exact) mass is 384 g/mol. The molecular weight excluding hydrogens is 375 g/mol. The summed E-state index contributed by atoms with van der Waals surface area (Å²) in [6, 6.07) is 2.76. The normalized spacial score (nSPS) is 11.5. The summed E-state index contributed by atoms with van der Waals surface area (Å²) in [6.45, 7) is 1.72. The molecule has 0 spiro atoms. The number of nitrogens with zero attached hydrogens (tertiary/aromatic N) is 3. The third kappa shape index (κ3) is 3.53. The number of aryl methyl sites for hydroxylation is 1. The Morgan fingerprint density at radius 3 is 2.42 bits per heavy atom. The zero-order valence-corrected chi connectivity index (χ0v) is 14.6. The van der Waals surface area contributed by atoms with Crippen LogP contribution in [0.15, 0.2) is 41.1 Å². The van der Waals surface area contributed by atoms with Crippen LogP contribution in [0, 0.1) is 12.7 Å². The highest BCUT2D eigenvalue weighted by atomic mass is 35.5. The third-order valence-electron chi connectivity index (χ3n) is 3.02. The second kappa shape index (κ2) is 6.42. The molecule has 124 valence electrons. The molecule has 0 aliphatic heterocycles. The zero-order valence-electron chi connectivity index (χ0n) is 12.2. The van der Waals surface area contributed by atoms with Gasteiger partial charge in [0.05, 0.1) is 10.5 Å². The lowest BCUT2D eigenvalue weighted by Gasteiger charge is -2.05. The fourth-order valence-corrected chi connectivity index (χ4v) is 4.50. The van der Waals surface area contributed by atoms with Gasteiger partial charge in [0.25, 0.3) is 10.0 Å². The molecule has 0 saturated heterocycles. The van der Waals surface area contributed by atoms with E-state index < -0.39 is 15.8 Å². The number of anilines is 1. The fourth-order valence-electron chi connectivity index (χ4n) is 1.83. The summed E-state index contributed by atoms with van der Waals surface area (Å²) in [5.41, 5.74) is 1.68. The predicted octanol–water partition coefficient (Wildman–Crippen LogP) is 3.50. The van der Waals surface area contributed by atoms with E-state index in [1.165, 1.54) is 30.7 Å². The van der Waals surface area contributed by atoms with Gasteiger partial charge >= 0.3 is 0 Å². The number of hydrogen-bond acceptors (Lipinski definition) is 6. The minimum atomic E-state index is -3.81. The molecule has 3 rings (SSSR count). The van der Waals surface area contributed by atoms with Gasteiger partial charge in [-0.1, -0.05) is 11.6 Å². The van der Waals surface area contributed by atoms with Gasteiger partial charge in [-0.15, -0.1) is 11.3 Å². The molecule has 0 aliphatic rings. The average molecular weight is 385 g/mol. The molecule has 24 heavy (non-hydrogen) atoms. The van der Waals surface area contributed by atoms with Crippen LogP contribution >= 0.6 is 22.9 Å². The number of rotatable bonds is 4. The molecule has 1 N–H and O–H groups in total. The molecule has 3 aromatic rings. The van der Waals surface area contributed by atoms with E-state index in [1.54, 1.807) is 6.92 Å². The Kier molecular flexibility index (Phi) is 4.48. The van der Waals surface area contributed by atoms with Crippen molar-refractivity contribution >= 4 is 38.9 Å². The first-order valence-corrected chi connectivity index (χ1v) is 9.24. The number of pyridine rings is 1. The van der Waals surface area contributed by atoms with Gasteiger partial charge in [0.15, 0.2) is 0 Å². The summed E-state index contributed by atoms with van der Waals surface area (Å²) in [6.07, 6.45) is 5.31. The molecule has 0 fully saturated rings. The van der Waals surface area contributed by atoms with Crippen LogP contribution in [0.25, 0.3) is 11.1 Å². The Morgan fingerprint density at radius 1 is 1.12 bits per heavy atom. The molecule has 0 unspecified atom stereocenters. The summed E-state index contributed by atoms with van der Waals surface area (Å²) in [4.78, 5) is 11.6. The lowest BCUT2D eigenvalue weighted by molar-refractivity contribution is 0.602. The van der Waals surface area contributed by atoms with E-state index in [0.29, 0.717) is 21.0 Å². The SMILES string of the molecule is Cc1cc(S(=O)(=O)Nc2ncc(-c3cncc(F)c3)cn2)sc1Cl. The van der Waals surface area contributed by atoms with Crippen molar-refractivity contribution in [3.63, 3.8) is 0 Å². The van der Waals surface area contributed by atoms with Crippen molar-refractivity contribution < 1.29 is 12.8 Å². The first-order chi connectivity index (χ1) is 11.3. The van der Waals surface area contributed by atoms with E-state index >= 15 is 0 Å². The van der Waals surface area contributed by atoms with Crippen molar-refractivity contribution in [1.82, 2.24) is 15.0 Å². The van der Waals surface area contributed by atoms with Crippen molar-refractivity contribution in [1.29, 1.82) is 0 Å². The lowest BCUT2D eigenvalue weighted by atomic mass is 10.1. The van der Waals surface area contributed by atoms with Gasteiger partial charge in [-0.25, -0.2) is 27.5 Å². The van der Waals surface area contributed by atoms with Crippen LogP contribution in [0.2, 0.25) is 4.34 Å². The highest BCUT2D eigenvalue weighted by Gasteiger charge is 2.19. The van der Waals surface area contributed by atoms with Crippen molar-refractivity contribution in [2.45, 2.75) is 11.1 Å². The minimum Gasteiger partial charge on any atom is -0.261 e. The second-order valence-electron chi connectivity index (χ2n) is 4.81. The van der Waals surface area contributed by atoms with Crippen molar-refractivity contribution in [2.75, 3.05) is 4.72 Å². The summed E-state index contributed by atoms with van der Waals surface area (Å²) in [5.74, 6) is -0.576. The molecule has 0 amide bonds. The molecule has 0 aromatic carbocycles. The number of sulfonamides is 1. The maximum absolute atomic E-state index is 13.2. The summed E-state index contributed by atoms with van der Waals surface area (Å²) < 4.78 is 40.5. The first-order valence-electron chi connectivity index (χ1n) is 6.57. The molecular formula is C14H10ClFN4O2S2. The van der Waals surface area contributed by atoms with Gasteiger partial charge < -0.3 is 0 Å². The summed E-state index contributed by atoms with van der Waals surface area (Å²) in [7, 11) is -3.81. The van der Waals surface area contributed by atoms with Crippen LogP contribution < -0.4 is 4.72 Å². The first kappa shape index (κ1) is 16.7. The van der Waals surface area contributed by atoms with E-state index in [4.69, 9.17) is 11.6 Å². The zero-order chi connectivity index (χ0) is 17.3. The van der Waals surface area contributed by atoms with Gasteiger partial charge in [0, 0.05) is 29.7 Å². The van der Waals surface area contributed by atoms with Crippen LogP contribution in [-0.4, -0.2) is 23.4 Å². The Labute approximate surface area is 146 Å². The van der Waals surface area contributed by atoms with E-state index in [9.17, 15) is 12.8 Å². The number of thiophene rings is 1. The highest BCUT2D eigenvalue weighted by Crippen LogP contribution is 2.30. The highest BCUT2D eigenvalue weighted by molar-refractivity contribution is 7.94. The van der Waals surface area contributed by atoms with E-state index in [1.807, 2.05) is 0 Å². The Hall–Kier alpha value is -2.10. The molecule has 0 radical (unpaired) electrons. The van der Waals surface area contributed by atoms with Gasteiger partial charge in [0.2, 0.25) is 5.95 Å². The van der Waals surface area contributed by atoms with Crippen molar-refractivity contribution in [3.05, 3.63) is 52.6 Å². The maximum atomic E-state index is 13.2. The van der Waals surface area contributed by atoms with Crippen LogP contribution in [0.5, 0.6) is 0 Å². The predicted molar refractivity (Wildman–Crippen MR) is 90.1 cm³/mol. The molecule has 6 nitrogen and oxygen atoms in total. The summed E-state index contributed by atoms with van der Waals surface area (Å²) in [5, 5.41) is 0. The molecule has 0 bridgehead atoms. The quantitative estimate of drug-likeness (QED) is 0.744. The van der Waals surface area contributed by atoms with Gasteiger partial charge in [-0.3, -0.25) is 4.98 Å². The Balaban J connectivity index is 1.83. The largest absolute Gasteiger partial charge is 0.273 e. The number of aromatic nitrogens is 3. The van der Waals surface area contributed by atoms with Gasteiger partial charge in [-0.05, 0) is 24.6 Å². The molecule has 3 aromatic heterocycles. The smallest absolute Gasteiger partial charge is 0.261 e. The van der Waals surface area contributed by atoms with Crippen molar-refractivity contribution in [3.8, 4) is 11.1 Å². The summed E-state index contributed by atoms with van der Waals surface area (Å²) >= 11 is 6.85. The van der Waals surface area contributed by atoms with E-state index in [-0.39, 0.29) is 10.2 Å². The van der Waals surface area contributed by atoms with E-state index in [2.05, 4.69) is 19.7 Å². The second-order valence-corrected chi connectivity index (χ2v) is 8.38. The van der Waals surface area contributed by atoms with Crippen LogP contribution in [-0.2, 0) is 10.0 Å². The average Bonchev–Trinajstić information content (AvgIpc) is 2.88. The Bertz CT molecular complexity index is 971. The van der Waals surface area contributed by atoms with Gasteiger partial charge in [0.1, 0.15) is 10.0 Å². The molecule has 10 heteroatoms. The fraction of sp³-hybridized carbons (Fsp3) is 0.0714. The van der Waals surface area contributed by atoms with Crippen LogP contribution in [0.1, 0.15) is 5.56 Å². The van der Waals surface area contributed by atoms with Gasteiger partial charge in [-0.2, -0.15) is 0 Å². The Morgan fingerprint density at radius 2 is 1.83 bits per heavy atom. The third-order valence-corrected chi connectivity index (χ3v) is 6.37. The number of halogens is 2. The van der Waals surface area contributed by atoms with Crippen LogP contribution in [0.4, 0.5) is 10.3 Å². The lowest BCUT2D eigenvalue weighted by Crippen LogP contribution is -2.13. The molecule has 0 aliphatic carbocycles. The number of nitrogens with one attached hydrogen (secondary N) is 1. The minimum absolute atomic E-state index is 0.0759. The standard InChI is InChI=1S/C14H10ClFN4O2S2/c1-8-2-12(23-13(8)15)24(21,22)20-14-18-5-10(6-19-14)9-3-11(16)7-17-4-9/h2-7H,1H3,(H,18,19,20). The maximum Gasteiger partial charge on any atom is 0.273 e. The van der Waals surface area contributed by atoms with E-state index in [0.717, 1.165) is 17.5 Å². The molecule has 3 heterocycles. The number of hydrogen-bond donors (Lipinski definition) is 1. The molecule has 0 saturated carbocycles.